The van der Waals surface area contributed by atoms with Gasteiger partial charge in [-0.05, 0) is 12.8 Å². The van der Waals surface area contributed by atoms with Crippen LogP contribution in [0.15, 0.2) is 0 Å². The molecular formula is C7H12ClN3O. The third-order valence-corrected chi connectivity index (χ3v) is 2.85. The number of piperidine rings is 1. The molecule has 3 atom stereocenters. The highest BCUT2D eigenvalue weighted by molar-refractivity contribution is 6.20. The Hall–Kier alpha value is -0.480. The molecule has 0 saturated carbocycles. The van der Waals surface area contributed by atoms with Crippen molar-refractivity contribution in [2.45, 2.75) is 30.6 Å². The molecular weight excluding hydrogens is 178 g/mol. The number of nitrogens with one attached hydrogen (secondary N) is 2. The molecule has 2 N–H and O–H groups in total. The van der Waals surface area contributed by atoms with E-state index in [-0.39, 0.29) is 23.7 Å². The number of nitrogens with zero attached hydrogens (tertiary/aromatic N) is 1. The summed E-state index contributed by atoms with van der Waals surface area (Å²) in [4.78, 5) is 12.8. The molecule has 3 unspecified atom stereocenters. The number of likely N-dealkylation sites (N-methyl/N-ethyl adjacent to an activating group) is 1. The Morgan fingerprint density at radius 2 is 2.33 bits per heavy atom. The molecule has 2 fully saturated rings. The van der Waals surface area contributed by atoms with Gasteiger partial charge in [-0.15, -0.1) is 11.6 Å². The first-order valence-corrected chi connectivity index (χ1v) is 4.55. The van der Waals surface area contributed by atoms with Crippen LogP contribution in [0.4, 0.5) is 4.79 Å². The van der Waals surface area contributed by atoms with Gasteiger partial charge in [0.1, 0.15) is 6.17 Å². The molecule has 2 amide bonds. The number of rotatable bonds is 0. The normalized spacial score (nSPS) is 41.0. The second-order valence-electron chi connectivity index (χ2n) is 3.32. The number of amides is 2. The Bertz CT molecular complexity index is 211. The number of hydrogen-bond acceptors (Lipinski definition) is 2. The molecule has 2 heterocycles. The molecule has 0 aromatic carbocycles. The van der Waals surface area contributed by atoms with Crippen molar-refractivity contribution in [3.63, 3.8) is 0 Å². The third-order valence-electron chi connectivity index (χ3n) is 2.51. The van der Waals surface area contributed by atoms with Crippen LogP contribution >= 0.6 is 11.6 Å². The van der Waals surface area contributed by atoms with E-state index in [2.05, 4.69) is 10.6 Å². The van der Waals surface area contributed by atoms with Crippen LogP contribution in [0, 0.1) is 0 Å². The zero-order chi connectivity index (χ0) is 8.72. The minimum atomic E-state index is -0.0109. The standard InChI is InChI=1S/C7H12ClN3O/c1-11-6-4(9-7(11)12)2-3-5(8)10-6/h4-6,10H,2-3H2,1H3,(H,9,12). The minimum Gasteiger partial charge on any atom is -0.332 e. The summed E-state index contributed by atoms with van der Waals surface area (Å²) in [5.74, 6) is 0. The number of hydrogen-bond donors (Lipinski definition) is 2. The van der Waals surface area contributed by atoms with Gasteiger partial charge in [-0.2, -0.15) is 0 Å². The van der Waals surface area contributed by atoms with E-state index in [0.29, 0.717) is 0 Å². The van der Waals surface area contributed by atoms with Crippen molar-refractivity contribution in [2.24, 2.45) is 0 Å². The highest BCUT2D eigenvalue weighted by atomic mass is 35.5. The molecule has 0 aromatic heterocycles. The van der Waals surface area contributed by atoms with Crippen LogP contribution in [-0.2, 0) is 0 Å². The number of urea groups is 1. The summed E-state index contributed by atoms with van der Waals surface area (Å²) in [6.45, 7) is 0. The molecule has 0 aromatic rings. The average molecular weight is 190 g/mol. The highest BCUT2D eigenvalue weighted by Gasteiger charge is 2.40. The fourth-order valence-corrected chi connectivity index (χ4v) is 2.04. The Morgan fingerprint density at radius 3 is 3.08 bits per heavy atom. The lowest BCUT2D eigenvalue weighted by atomic mass is 10.1. The average Bonchev–Trinajstić information content (AvgIpc) is 2.31. The predicted molar refractivity (Wildman–Crippen MR) is 45.9 cm³/mol. The first-order valence-electron chi connectivity index (χ1n) is 4.12. The van der Waals surface area contributed by atoms with Crippen LogP contribution in [0.5, 0.6) is 0 Å². The van der Waals surface area contributed by atoms with E-state index in [1.165, 1.54) is 0 Å². The van der Waals surface area contributed by atoms with E-state index in [1.54, 1.807) is 11.9 Å². The lowest BCUT2D eigenvalue weighted by Gasteiger charge is -2.31. The predicted octanol–water partition coefficient (Wildman–Crippen LogP) is 0.284. The molecule has 0 radical (unpaired) electrons. The molecule has 68 valence electrons. The zero-order valence-corrected chi connectivity index (χ0v) is 7.64. The first-order chi connectivity index (χ1) is 5.68. The molecule has 0 aliphatic carbocycles. The van der Waals surface area contributed by atoms with E-state index in [9.17, 15) is 4.79 Å². The number of fused-ring (bicyclic) bond motifs is 1. The Morgan fingerprint density at radius 1 is 1.58 bits per heavy atom. The van der Waals surface area contributed by atoms with Gasteiger partial charge in [-0.25, -0.2) is 4.79 Å². The molecule has 0 bridgehead atoms. The van der Waals surface area contributed by atoms with Crippen LogP contribution in [0.25, 0.3) is 0 Å². The van der Waals surface area contributed by atoms with Gasteiger partial charge in [0.15, 0.2) is 0 Å². The van der Waals surface area contributed by atoms with Crippen molar-refractivity contribution in [3.8, 4) is 0 Å². The van der Waals surface area contributed by atoms with Crippen LogP contribution in [0.1, 0.15) is 12.8 Å². The smallest absolute Gasteiger partial charge is 0.318 e. The highest BCUT2D eigenvalue weighted by Crippen LogP contribution is 2.21. The number of alkyl halides is 1. The summed E-state index contributed by atoms with van der Waals surface area (Å²) < 4.78 is 0. The van der Waals surface area contributed by atoms with E-state index < -0.39 is 0 Å². The van der Waals surface area contributed by atoms with Gasteiger partial charge in [0.25, 0.3) is 0 Å². The lowest BCUT2D eigenvalue weighted by Crippen LogP contribution is -2.53. The summed E-state index contributed by atoms with van der Waals surface area (Å²) in [6, 6.07) is 0.223. The van der Waals surface area contributed by atoms with Gasteiger partial charge in [0.2, 0.25) is 0 Å². The van der Waals surface area contributed by atoms with Crippen molar-refractivity contribution in [3.05, 3.63) is 0 Å². The van der Waals surface area contributed by atoms with E-state index in [1.807, 2.05) is 0 Å². The number of carbonyl (C=O) groups is 1. The van der Waals surface area contributed by atoms with Gasteiger partial charge in [0.05, 0.1) is 11.5 Å². The molecule has 2 rings (SSSR count). The summed E-state index contributed by atoms with van der Waals surface area (Å²) in [7, 11) is 1.78. The molecule has 4 nitrogen and oxygen atoms in total. The van der Waals surface area contributed by atoms with Crippen LogP contribution in [-0.4, -0.2) is 35.7 Å². The summed E-state index contributed by atoms with van der Waals surface area (Å²) in [5.41, 5.74) is 0.00130. The molecule has 5 heteroatoms. The van der Waals surface area contributed by atoms with Gasteiger partial charge >= 0.3 is 6.03 Å². The van der Waals surface area contributed by atoms with Crippen LogP contribution in [0.2, 0.25) is 0 Å². The second-order valence-corrected chi connectivity index (χ2v) is 3.85. The molecule has 0 spiro atoms. The molecule has 12 heavy (non-hydrogen) atoms. The van der Waals surface area contributed by atoms with Crippen LogP contribution < -0.4 is 10.6 Å². The first kappa shape index (κ1) is 8.13. The Labute approximate surface area is 76.2 Å². The van der Waals surface area contributed by atoms with Gasteiger partial charge < -0.3 is 10.2 Å². The van der Waals surface area contributed by atoms with Crippen LogP contribution in [0.3, 0.4) is 0 Å². The van der Waals surface area contributed by atoms with Crippen molar-refractivity contribution in [1.82, 2.24) is 15.5 Å². The maximum absolute atomic E-state index is 11.2. The fourth-order valence-electron chi connectivity index (χ4n) is 1.79. The SMILES string of the molecule is CN1C(=O)NC2CCC(Cl)NC21. The van der Waals surface area contributed by atoms with Crippen molar-refractivity contribution in [1.29, 1.82) is 0 Å². The summed E-state index contributed by atoms with van der Waals surface area (Å²) >= 11 is 5.92. The maximum atomic E-state index is 11.2. The van der Waals surface area contributed by atoms with E-state index >= 15 is 0 Å². The second kappa shape index (κ2) is 2.78. The Balaban J connectivity index is 2.10. The van der Waals surface area contributed by atoms with Crippen molar-refractivity contribution >= 4 is 17.6 Å². The minimum absolute atomic E-state index is 0.00130. The van der Waals surface area contributed by atoms with Gasteiger partial charge in [-0.3, -0.25) is 5.32 Å². The fraction of sp³-hybridized carbons (Fsp3) is 0.857. The summed E-state index contributed by atoms with van der Waals surface area (Å²) in [6.07, 6.45) is 1.95. The quantitative estimate of drug-likeness (QED) is 0.425. The van der Waals surface area contributed by atoms with Crippen molar-refractivity contribution < 1.29 is 4.79 Å². The van der Waals surface area contributed by atoms with E-state index in [4.69, 9.17) is 11.6 Å². The third kappa shape index (κ3) is 1.15. The van der Waals surface area contributed by atoms with Crippen molar-refractivity contribution in [2.75, 3.05) is 7.05 Å². The Kier molecular flexibility index (Phi) is 1.88. The number of halogens is 1. The van der Waals surface area contributed by atoms with Gasteiger partial charge in [0, 0.05) is 7.05 Å². The molecule has 2 aliphatic heterocycles. The van der Waals surface area contributed by atoms with Gasteiger partial charge in [-0.1, -0.05) is 0 Å². The topological polar surface area (TPSA) is 44.4 Å². The van der Waals surface area contributed by atoms with E-state index in [0.717, 1.165) is 12.8 Å². The molecule has 2 aliphatic rings. The molecule has 2 saturated heterocycles. The largest absolute Gasteiger partial charge is 0.332 e. The maximum Gasteiger partial charge on any atom is 0.318 e. The monoisotopic (exact) mass is 189 g/mol. The zero-order valence-electron chi connectivity index (χ0n) is 6.88. The summed E-state index contributed by atoms with van der Waals surface area (Å²) in [5, 5.41) is 6.06. The lowest BCUT2D eigenvalue weighted by molar-refractivity contribution is 0.195. The number of carbonyl (C=O) groups excluding carboxylic acids is 1.